The summed E-state index contributed by atoms with van der Waals surface area (Å²) in [5.41, 5.74) is 3.46. The quantitative estimate of drug-likeness (QED) is 0.0752. The molecule has 10 atom stereocenters. The maximum absolute atomic E-state index is 14.8. The number of rotatable bonds is 15. The van der Waals surface area contributed by atoms with Crippen molar-refractivity contribution in [1.29, 1.82) is 0 Å². The lowest BCUT2D eigenvalue weighted by molar-refractivity contribution is -0.221. The first-order chi connectivity index (χ1) is 28.8. The van der Waals surface area contributed by atoms with Crippen molar-refractivity contribution in [2.45, 2.75) is 163 Å². The number of hydrogen-bond acceptors (Lipinski definition) is 8. The second-order valence-electron chi connectivity index (χ2n) is 22.5. The Bertz CT molecular complexity index is 1830. The Kier molecular flexibility index (Phi) is 13.6. The summed E-state index contributed by atoms with van der Waals surface area (Å²) in [5.74, 6) is 2.47. The number of esters is 2. The van der Waals surface area contributed by atoms with Gasteiger partial charge in [0.25, 0.3) is 0 Å². The number of hydrogen-bond donors (Lipinski definition) is 1. The molecule has 0 aromatic heterocycles. The number of ether oxygens (including phenoxy) is 2. The van der Waals surface area contributed by atoms with Crippen LogP contribution in [0.3, 0.4) is 0 Å². The predicted octanol–water partition coefficient (Wildman–Crippen LogP) is 10.3. The van der Waals surface area contributed by atoms with E-state index in [2.05, 4.69) is 77.4 Å². The van der Waals surface area contributed by atoms with Crippen LogP contribution in [0.5, 0.6) is 0 Å². The zero-order valence-corrected chi connectivity index (χ0v) is 39.9. The number of carbonyl (C=O) groups is 2. The SMILES string of the molecule is C=C(C)[C@@H]1CC[C@]2(NCCN3CCS(=O)(=O)CC3)CC[C@]3(C)[C@H](CC[C@@H]4[C@@]5(C)CC=C(C6=CC[C@@](CF)(C(=O)OCOC(=O)CCCCCC)CC6)C(C)(C)[C@@H]5CC[C@]43C)[C@@H]12. The fourth-order valence-electron chi connectivity index (χ4n) is 15.6. The van der Waals surface area contributed by atoms with Crippen molar-refractivity contribution in [2.24, 2.45) is 56.7 Å². The van der Waals surface area contributed by atoms with Gasteiger partial charge in [0.2, 0.25) is 6.79 Å². The van der Waals surface area contributed by atoms with Crippen molar-refractivity contribution in [2.75, 3.05) is 51.2 Å². The molecule has 1 N–H and O–H groups in total. The molecule has 7 rings (SSSR count). The molecule has 0 radical (unpaired) electrons. The zero-order valence-electron chi connectivity index (χ0n) is 39.1. The summed E-state index contributed by atoms with van der Waals surface area (Å²) < 4.78 is 49.5. The molecule has 344 valence electrons. The van der Waals surface area contributed by atoms with Crippen molar-refractivity contribution in [3.8, 4) is 0 Å². The molecule has 0 bridgehead atoms. The first-order valence-corrected chi connectivity index (χ1v) is 26.3. The van der Waals surface area contributed by atoms with Crippen LogP contribution < -0.4 is 5.32 Å². The third-order valence-corrected chi connectivity index (χ3v) is 20.9. The Morgan fingerprint density at radius 1 is 0.885 bits per heavy atom. The molecule has 10 heteroatoms. The lowest BCUT2D eigenvalue weighted by atomic mass is 9.33. The van der Waals surface area contributed by atoms with E-state index in [1.165, 1.54) is 68.1 Å². The summed E-state index contributed by atoms with van der Waals surface area (Å²) in [4.78, 5) is 27.8. The van der Waals surface area contributed by atoms with E-state index >= 15 is 0 Å². The summed E-state index contributed by atoms with van der Waals surface area (Å²) in [6.45, 7) is 23.8. The van der Waals surface area contributed by atoms with Gasteiger partial charge in [-0.05, 0) is 153 Å². The van der Waals surface area contributed by atoms with Crippen LogP contribution in [0.1, 0.15) is 158 Å². The Morgan fingerprint density at radius 3 is 2.31 bits per heavy atom. The van der Waals surface area contributed by atoms with Gasteiger partial charge in [0, 0.05) is 38.1 Å². The van der Waals surface area contributed by atoms with Crippen LogP contribution in [0.2, 0.25) is 0 Å². The maximum Gasteiger partial charge on any atom is 0.317 e. The van der Waals surface area contributed by atoms with Gasteiger partial charge >= 0.3 is 11.9 Å². The van der Waals surface area contributed by atoms with Gasteiger partial charge in [0.15, 0.2) is 9.84 Å². The number of fused-ring (bicyclic) bond motifs is 7. The lowest BCUT2D eigenvalue weighted by Gasteiger charge is -2.72. The van der Waals surface area contributed by atoms with E-state index in [1.807, 2.05) is 0 Å². The minimum atomic E-state index is -2.88. The van der Waals surface area contributed by atoms with Crippen LogP contribution in [0.15, 0.2) is 35.5 Å². The topological polar surface area (TPSA) is 102 Å². The number of unbranched alkanes of at least 4 members (excludes halogenated alkanes) is 3. The molecule has 8 nitrogen and oxygen atoms in total. The minimum Gasteiger partial charge on any atom is -0.428 e. The molecular weight excluding hydrogens is 788 g/mol. The van der Waals surface area contributed by atoms with Crippen LogP contribution in [0, 0.1) is 56.7 Å². The van der Waals surface area contributed by atoms with Crippen molar-refractivity contribution in [1.82, 2.24) is 10.2 Å². The van der Waals surface area contributed by atoms with Crippen molar-refractivity contribution in [3.05, 3.63) is 35.5 Å². The second kappa shape index (κ2) is 17.7. The summed E-state index contributed by atoms with van der Waals surface area (Å²) in [6.07, 6.45) is 21.1. The average Bonchev–Trinajstić information content (AvgIpc) is 3.60. The second-order valence-corrected chi connectivity index (χ2v) is 24.8. The monoisotopic (exact) mass is 869 g/mol. The zero-order chi connectivity index (χ0) is 44.1. The maximum atomic E-state index is 14.8. The van der Waals surface area contributed by atoms with Crippen LogP contribution >= 0.6 is 0 Å². The molecule has 5 fully saturated rings. The van der Waals surface area contributed by atoms with E-state index in [-0.39, 0.29) is 44.7 Å². The highest BCUT2D eigenvalue weighted by Crippen LogP contribution is 2.76. The predicted molar refractivity (Wildman–Crippen MR) is 242 cm³/mol. The van der Waals surface area contributed by atoms with Crippen LogP contribution in [0.4, 0.5) is 4.39 Å². The number of carbonyl (C=O) groups excluding carboxylic acids is 2. The molecule has 7 aliphatic rings. The molecule has 4 saturated carbocycles. The smallest absolute Gasteiger partial charge is 0.317 e. The Balaban J connectivity index is 1.04. The molecule has 6 aliphatic carbocycles. The van der Waals surface area contributed by atoms with Gasteiger partial charge in [-0.25, -0.2) is 12.8 Å². The summed E-state index contributed by atoms with van der Waals surface area (Å²) >= 11 is 0. The van der Waals surface area contributed by atoms with Crippen LogP contribution in [-0.2, 0) is 28.9 Å². The fourth-order valence-corrected chi connectivity index (χ4v) is 16.9. The third-order valence-electron chi connectivity index (χ3n) is 19.3. The molecule has 0 spiro atoms. The number of sulfone groups is 1. The molecule has 0 aromatic carbocycles. The molecule has 0 amide bonds. The number of alkyl halides is 1. The van der Waals surface area contributed by atoms with Gasteiger partial charge in [0.1, 0.15) is 12.1 Å². The first-order valence-electron chi connectivity index (χ1n) is 24.4. The van der Waals surface area contributed by atoms with Crippen molar-refractivity contribution < 1.29 is 31.9 Å². The standard InChI is InChI=1S/C51H81FN2O6S/c1-9-10-11-12-13-43(55)59-35-60-45(56)50(34-52)23-16-37(17-24-50)39-19-21-47(6)41(46(39,4)5)20-22-49(8)42(47)15-14-40-44-38(36(2)3)18-25-51(44,27-26-48(40,49)7)53-28-29-54-30-32-61(57,58)33-31-54/h16,19,38,40-42,44,53H,2,9-15,17-18,20-35H2,1,3-8H3/t38-,40+,41-,42+,44+,47-,48+,49+,50+,51-/m0/s1. The largest absolute Gasteiger partial charge is 0.428 e. The average molecular weight is 869 g/mol. The Hall–Kier alpha value is -2.04. The molecule has 1 heterocycles. The third kappa shape index (κ3) is 8.40. The molecular formula is C51H81FN2O6S. The van der Waals surface area contributed by atoms with Gasteiger partial charge in [-0.3, -0.25) is 9.59 Å². The van der Waals surface area contributed by atoms with Crippen LogP contribution in [-0.4, -0.2) is 81.9 Å². The van der Waals surface area contributed by atoms with E-state index in [1.54, 1.807) is 0 Å². The Labute approximate surface area is 369 Å². The van der Waals surface area contributed by atoms with Gasteiger partial charge in [0.05, 0.1) is 11.5 Å². The normalized spacial score (nSPS) is 40.3. The molecule has 61 heavy (non-hydrogen) atoms. The van der Waals surface area contributed by atoms with E-state index < -0.39 is 34.7 Å². The molecule has 0 unspecified atom stereocenters. The number of nitrogens with one attached hydrogen (secondary N) is 1. The fraction of sp³-hybridized carbons (Fsp3) is 0.843. The molecule has 1 aliphatic heterocycles. The first kappa shape index (κ1) is 46.9. The summed E-state index contributed by atoms with van der Waals surface area (Å²) in [5, 5.41) is 4.21. The van der Waals surface area contributed by atoms with E-state index in [4.69, 9.17) is 9.47 Å². The Morgan fingerprint density at radius 2 is 1.64 bits per heavy atom. The van der Waals surface area contributed by atoms with E-state index in [0.717, 1.165) is 45.2 Å². The van der Waals surface area contributed by atoms with E-state index in [9.17, 15) is 22.4 Å². The highest BCUT2D eigenvalue weighted by Gasteiger charge is 2.70. The summed E-state index contributed by atoms with van der Waals surface area (Å²) in [6, 6.07) is 0. The van der Waals surface area contributed by atoms with E-state index in [0.29, 0.717) is 68.4 Å². The molecule has 1 saturated heterocycles. The van der Waals surface area contributed by atoms with Crippen LogP contribution in [0.25, 0.3) is 0 Å². The lowest BCUT2D eigenvalue weighted by Crippen LogP contribution is -2.68. The highest BCUT2D eigenvalue weighted by molar-refractivity contribution is 7.91. The van der Waals surface area contributed by atoms with Crippen molar-refractivity contribution in [3.63, 3.8) is 0 Å². The number of halogens is 1. The van der Waals surface area contributed by atoms with Gasteiger partial charge in [-0.2, -0.15) is 0 Å². The number of nitrogens with zero attached hydrogens (tertiary/aromatic N) is 1. The number of allylic oxidation sites excluding steroid dienone is 5. The van der Waals surface area contributed by atoms with Gasteiger partial charge < -0.3 is 19.7 Å². The van der Waals surface area contributed by atoms with Crippen molar-refractivity contribution >= 4 is 21.8 Å². The van der Waals surface area contributed by atoms with Gasteiger partial charge in [-0.15, -0.1) is 0 Å². The summed E-state index contributed by atoms with van der Waals surface area (Å²) in [7, 11) is -2.88. The minimum absolute atomic E-state index is 0.0554. The highest BCUT2D eigenvalue weighted by atomic mass is 32.2. The molecule has 0 aromatic rings. The van der Waals surface area contributed by atoms with Gasteiger partial charge in [-0.1, -0.05) is 85.1 Å².